The maximum absolute atomic E-state index is 11.2. The van der Waals surface area contributed by atoms with Crippen molar-refractivity contribution in [2.75, 3.05) is 39.8 Å². The van der Waals surface area contributed by atoms with Gasteiger partial charge in [0, 0.05) is 26.6 Å². The Bertz CT molecular complexity index is 270. The summed E-state index contributed by atoms with van der Waals surface area (Å²) in [5.41, 5.74) is 0. The van der Waals surface area contributed by atoms with Gasteiger partial charge in [-0.2, -0.15) is 0 Å². The number of rotatable bonds is 4. The van der Waals surface area contributed by atoms with Crippen molar-refractivity contribution >= 4 is 11.9 Å². The summed E-state index contributed by atoms with van der Waals surface area (Å²) in [6, 6.07) is 0. The zero-order valence-electron chi connectivity index (χ0n) is 9.68. The smallest absolute Gasteiger partial charge is 0.317 e. The van der Waals surface area contributed by atoms with E-state index in [4.69, 9.17) is 9.84 Å². The van der Waals surface area contributed by atoms with Crippen molar-refractivity contribution in [2.45, 2.75) is 13.0 Å². The van der Waals surface area contributed by atoms with Crippen LogP contribution < -0.4 is 0 Å². The molecule has 1 unspecified atom stereocenters. The number of carboxylic acid groups (broad SMARTS) is 1. The van der Waals surface area contributed by atoms with E-state index in [0.29, 0.717) is 26.2 Å². The van der Waals surface area contributed by atoms with Crippen molar-refractivity contribution in [1.29, 1.82) is 0 Å². The van der Waals surface area contributed by atoms with Crippen LogP contribution in [0.2, 0.25) is 0 Å². The molecule has 0 aromatic rings. The first-order valence-electron chi connectivity index (χ1n) is 5.26. The molecular formula is C10H18N2O4. The van der Waals surface area contributed by atoms with E-state index in [0.717, 1.165) is 0 Å². The molecule has 1 aliphatic rings. The van der Waals surface area contributed by atoms with Crippen LogP contribution in [0.15, 0.2) is 0 Å². The Hall–Kier alpha value is -1.14. The third-order valence-corrected chi connectivity index (χ3v) is 2.50. The molecule has 6 heteroatoms. The second-order valence-electron chi connectivity index (χ2n) is 4.05. The Kier molecular flexibility index (Phi) is 4.70. The largest absolute Gasteiger partial charge is 0.480 e. The highest BCUT2D eigenvalue weighted by Crippen LogP contribution is 2.06. The summed E-state index contributed by atoms with van der Waals surface area (Å²) in [4.78, 5) is 25.0. The molecule has 16 heavy (non-hydrogen) atoms. The van der Waals surface area contributed by atoms with Gasteiger partial charge in [-0.25, -0.2) is 0 Å². The van der Waals surface area contributed by atoms with Gasteiger partial charge in [0.2, 0.25) is 5.91 Å². The average Bonchev–Trinajstić information content (AvgIpc) is 2.16. The van der Waals surface area contributed by atoms with Gasteiger partial charge >= 0.3 is 5.97 Å². The third-order valence-electron chi connectivity index (χ3n) is 2.50. The molecule has 1 saturated heterocycles. The lowest BCUT2D eigenvalue weighted by Gasteiger charge is -2.34. The molecule has 0 saturated carbocycles. The van der Waals surface area contributed by atoms with Crippen LogP contribution in [0.25, 0.3) is 0 Å². The van der Waals surface area contributed by atoms with Crippen LogP contribution in [0.3, 0.4) is 0 Å². The summed E-state index contributed by atoms with van der Waals surface area (Å²) in [5, 5.41) is 8.61. The van der Waals surface area contributed by atoms with E-state index in [-0.39, 0.29) is 18.6 Å². The predicted molar refractivity (Wildman–Crippen MR) is 57.1 cm³/mol. The fraction of sp³-hybridized carbons (Fsp3) is 0.800. The first-order valence-corrected chi connectivity index (χ1v) is 5.26. The van der Waals surface area contributed by atoms with Gasteiger partial charge in [0.25, 0.3) is 0 Å². The maximum atomic E-state index is 11.2. The standard InChI is InChI=1S/C10H18N2O4/c1-8(13)12-3-4-16-9(6-12)5-11(2)7-10(14)15/h9H,3-7H2,1-2H3,(H,14,15). The van der Waals surface area contributed by atoms with Gasteiger partial charge in [-0.05, 0) is 7.05 Å². The molecule has 1 N–H and O–H groups in total. The highest BCUT2D eigenvalue weighted by molar-refractivity contribution is 5.73. The Balaban J connectivity index is 2.36. The highest BCUT2D eigenvalue weighted by Gasteiger charge is 2.23. The Morgan fingerprint density at radius 1 is 1.56 bits per heavy atom. The van der Waals surface area contributed by atoms with Crippen LogP contribution in [0, 0.1) is 0 Å². The van der Waals surface area contributed by atoms with Crippen LogP contribution >= 0.6 is 0 Å². The molecule has 0 aromatic carbocycles. The van der Waals surface area contributed by atoms with E-state index >= 15 is 0 Å². The molecule has 0 radical (unpaired) electrons. The molecule has 1 amide bonds. The van der Waals surface area contributed by atoms with Crippen LogP contribution in [0.1, 0.15) is 6.92 Å². The molecule has 0 aliphatic carbocycles. The summed E-state index contributed by atoms with van der Waals surface area (Å²) in [6.45, 7) is 3.72. The molecule has 0 spiro atoms. The Morgan fingerprint density at radius 3 is 2.81 bits per heavy atom. The van der Waals surface area contributed by atoms with Gasteiger partial charge in [0.15, 0.2) is 0 Å². The first kappa shape index (κ1) is 12.9. The second kappa shape index (κ2) is 5.81. The summed E-state index contributed by atoms with van der Waals surface area (Å²) < 4.78 is 5.48. The Labute approximate surface area is 94.8 Å². The van der Waals surface area contributed by atoms with E-state index < -0.39 is 5.97 Å². The molecule has 1 rings (SSSR count). The Morgan fingerprint density at radius 2 is 2.25 bits per heavy atom. The molecule has 0 aromatic heterocycles. The number of nitrogens with zero attached hydrogens (tertiary/aromatic N) is 2. The molecule has 6 nitrogen and oxygen atoms in total. The number of carboxylic acids is 1. The summed E-state index contributed by atoms with van der Waals surface area (Å²) in [6.07, 6.45) is -0.0954. The fourth-order valence-electron chi connectivity index (χ4n) is 1.76. The molecule has 1 aliphatic heterocycles. The van der Waals surface area contributed by atoms with E-state index in [2.05, 4.69) is 0 Å². The monoisotopic (exact) mass is 230 g/mol. The number of carbonyl (C=O) groups is 2. The summed E-state index contributed by atoms with van der Waals surface area (Å²) >= 11 is 0. The number of carbonyl (C=O) groups excluding carboxylic acids is 1. The van der Waals surface area contributed by atoms with Gasteiger partial charge in [-0.15, -0.1) is 0 Å². The van der Waals surface area contributed by atoms with Crippen molar-refractivity contribution < 1.29 is 19.4 Å². The van der Waals surface area contributed by atoms with Crippen molar-refractivity contribution in [1.82, 2.24) is 9.80 Å². The van der Waals surface area contributed by atoms with Gasteiger partial charge in [-0.3, -0.25) is 14.5 Å². The first-order chi connectivity index (χ1) is 7.49. The lowest BCUT2D eigenvalue weighted by atomic mass is 10.2. The fourth-order valence-corrected chi connectivity index (χ4v) is 1.76. The van der Waals surface area contributed by atoms with Crippen molar-refractivity contribution in [3.05, 3.63) is 0 Å². The molecular weight excluding hydrogens is 212 g/mol. The van der Waals surface area contributed by atoms with Crippen molar-refractivity contribution in [3.63, 3.8) is 0 Å². The van der Waals surface area contributed by atoms with E-state index in [9.17, 15) is 9.59 Å². The lowest BCUT2D eigenvalue weighted by molar-refractivity contribution is -0.141. The SMILES string of the molecule is CC(=O)N1CCOC(CN(C)CC(=O)O)C1. The minimum Gasteiger partial charge on any atom is -0.480 e. The van der Waals surface area contributed by atoms with E-state index in [1.165, 1.54) is 6.92 Å². The average molecular weight is 230 g/mol. The normalized spacial score (nSPS) is 21.2. The number of ether oxygens (including phenoxy) is 1. The highest BCUT2D eigenvalue weighted by atomic mass is 16.5. The molecule has 1 atom stereocenters. The number of likely N-dealkylation sites (N-methyl/N-ethyl adjacent to an activating group) is 1. The minimum absolute atomic E-state index is 0.0140. The third kappa shape index (κ3) is 4.16. The molecule has 0 bridgehead atoms. The number of hydrogen-bond donors (Lipinski definition) is 1. The zero-order chi connectivity index (χ0) is 12.1. The number of hydrogen-bond acceptors (Lipinski definition) is 4. The maximum Gasteiger partial charge on any atom is 0.317 e. The molecule has 1 heterocycles. The van der Waals surface area contributed by atoms with Crippen LogP contribution in [-0.4, -0.2) is 72.7 Å². The second-order valence-corrected chi connectivity index (χ2v) is 4.05. The minimum atomic E-state index is -0.860. The van der Waals surface area contributed by atoms with Crippen LogP contribution in [-0.2, 0) is 14.3 Å². The number of morpholine rings is 1. The zero-order valence-corrected chi connectivity index (χ0v) is 9.68. The summed E-state index contributed by atoms with van der Waals surface area (Å²) in [7, 11) is 1.73. The molecule has 1 fully saturated rings. The van der Waals surface area contributed by atoms with Gasteiger partial charge in [0.05, 0.1) is 19.3 Å². The lowest BCUT2D eigenvalue weighted by Crippen LogP contribution is -2.49. The van der Waals surface area contributed by atoms with Gasteiger partial charge < -0.3 is 14.7 Å². The summed E-state index contributed by atoms with van der Waals surface area (Å²) in [5.74, 6) is -0.823. The predicted octanol–water partition coefficient (Wildman–Crippen LogP) is -0.750. The van der Waals surface area contributed by atoms with Gasteiger partial charge in [0.1, 0.15) is 0 Å². The topological polar surface area (TPSA) is 70.1 Å². The van der Waals surface area contributed by atoms with E-state index in [1.54, 1.807) is 16.8 Å². The van der Waals surface area contributed by atoms with Gasteiger partial charge in [-0.1, -0.05) is 0 Å². The van der Waals surface area contributed by atoms with Crippen LogP contribution in [0.5, 0.6) is 0 Å². The van der Waals surface area contributed by atoms with Crippen LogP contribution in [0.4, 0.5) is 0 Å². The van der Waals surface area contributed by atoms with Crippen molar-refractivity contribution in [3.8, 4) is 0 Å². The van der Waals surface area contributed by atoms with E-state index in [1.807, 2.05) is 0 Å². The molecule has 92 valence electrons. The van der Waals surface area contributed by atoms with Crippen molar-refractivity contribution in [2.24, 2.45) is 0 Å². The number of aliphatic carboxylic acids is 1. The quantitative estimate of drug-likeness (QED) is 0.688. The number of amides is 1.